The van der Waals surface area contributed by atoms with E-state index in [9.17, 15) is 10.0 Å². The van der Waals surface area contributed by atoms with Crippen LogP contribution in [0.5, 0.6) is 0 Å². The van der Waals surface area contributed by atoms with Crippen molar-refractivity contribution in [3.63, 3.8) is 0 Å². The van der Waals surface area contributed by atoms with E-state index in [1.165, 1.54) is 104 Å². The molecule has 20 rings (SSSR count). The molecule has 20 aromatic rings. The fourth-order valence-corrected chi connectivity index (χ4v) is 16.0. The molecule has 0 saturated heterocycles. The summed E-state index contributed by atoms with van der Waals surface area (Å²) in [6, 6.07) is 137. The number of furan rings is 2. The zero-order valence-corrected chi connectivity index (χ0v) is 62.1. The van der Waals surface area contributed by atoms with Crippen molar-refractivity contribution in [1.82, 2.24) is 0 Å². The van der Waals surface area contributed by atoms with Crippen molar-refractivity contribution in [1.29, 1.82) is 0 Å². The second-order valence-corrected chi connectivity index (χ2v) is 28.8. The molecular weight excluding hydrogens is 1410 g/mol. The number of hydrogen-bond donors (Lipinski definition) is 2. The van der Waals surface area contributed by atoms with Gasteiger partial charge in [-0.15, -0.1) is 0 Å². The van der Waals surface area contributed by atoms with E-state index in [0.717, 1.165) is 82.5 Å². The number of rotatable bonds is 12. The van der Waals surface area contributed by atoms with Crippen LogP contribution in [0.2, 0.25) is 0 Å². The van der Waals surface area contributed by atoms with Crippen LogP contribution in [0.3, 0.4) is 0 Å². The highest BCUT2D eigenvalue weighted by Gasteiger charge is 2.21. The summed E-state index contributed by atoms with van der Waals surface area (Å²) in [5.74, 6) is 0. The van der Waals surface area contributed by atoms with Gasteiger partial charge in [-0.1, -0.05) is 294 Å². The van der Waals surface area contributed by atoms with Gasteiger partial charge in [-0.3, -0.25) is 0 Å². The molecule has 0 fully saturated rings. The third-order valence-electron chi connectivity index (χ3n) is 21.0. The van der Waals surface area contributed by atoms with Gasteiger partial charge in [-0.2, -0.15) is 0 Å². The van der Waals surface area contributed by atoms with E-state index < -0.39 is 7.12 Å². The normalized spacial score (nSPS) is 11.3. The topological polar surface area (TPSA) is 73.2 Å². The van der Waals surface area contributed by atoms with Crippen molar-refractivity contribution in [2.75, 3.05) is 9.80 Å². The molecule has 0 radical (unpaired) electrons. The first kappa shape index (κ1) is 68.5. The lowest BCUT2D eigenvalue weighted by atomic mass is 9.80. The summed E-state index contributed by atoms with van der Waals surface area (Å²) in [5, 5.41) is 33.4. The first-order valence-corrected chi connectivity index (χ1v) is 37.9. The highest BCUT2D eigenvalue weighted by atomic mass is 79.9. The van der Waals surface area contributed by atoms with Crippen LogP contribution in [-0.2, 0) is 0 Å². The van der Waals surface area contributed by atoms with Gasteiger partial charge in [0.05, 0.1) is 0 Å². The number of nitrogens with zero attached hydrogens (tertiary/aromatic N) is 2. The Morgan fingerprint density at radius 1 is 0.236 bits per heavy atom. The standard InChI is InChI=1S/C51H35NO.C26H17Br.C25H20BNO3/c1-34-19-26-40(27-20-34)52(39-12-3-2-4-13-39)41-28-30-48-47-29-25-38(32-50(47)53-51(48)33-41)43-15-8-7-14-42(43)35-21-23-36(24-22-35)49-31-37-11-5-6-16-44(37)45-17-9-10-18-46(45)49;27-26-12-6-5-9-22(26)18-13-15-19(16-14-18)25-17-20-7-1-2-8-21(20)23-10-3-4-11-24(23)25;1-17-7-10-20(11-8-17)27(19-5-3-2-4-6-19)21-12-14-23-22-13-9-18(26(28)29)15-24(22)30-25(23)16-21/h2-33H,1H3;1-17H;2-16,28-29H,1H3. The molecule has 0 aliphatic rings. The zero-order valence-electron chi connectivity index (χ0n) is 60.5. The van der Waals surface area contributed by atoms with Gasteiger partial charge in [0.2, 0.25) is 0 Å². The molecule has 0 aliphatic carbocycles. The van der Waals surface area contributed by atoms with Gasteiger partial charge in [0.15, 0.2) is 0 Å². The SMILES string of the molecule is Brc1ccccc1-c1ccc(-c2cc3ccccc3c3ccccc23)cc1.Cc1ccc(N(c2ccccc2)c2ccc3c(c2)oc2cc(-c4ccccc4-c4ccc(-c5cc6ccccc6c6ccccc56)cc4)ccc23)cc1.Cc1ccc(N(c2ccccc2)c2ccc3c(c2)oc2cc(B(O)O)ccc23)cc1. The molecule has 0 unspecified atom stereocenters. The number of para-hydroxylation sites is 2. The molecule has 0 amide bonds. The quantitative estimate of drug-likeness (QED) is 0.0938. The number of fused-ring (bicyclic) bond motifs is 12. The molecule has 2 heterocycles. The predicted octanol–water partition coefficient (Wildman–Crippen LogP) is 27.8. The maximum absolute atomic E-state index is 9.45. The Morgan fingerprint density at radius 2 is 0.555 bits per heavy atom. The minimum Gasteiger partial charge on any atom is -0.456 e. The largest absolute Gasteiger partial charge is 0.488 e. The monoisotopic (exact) mass is 1480 g/mol. The minimum atomic E-state index is -1.52. The Bertz CT molecular complexity index is 6780. The van der Waals surface area contributed by atoms with E-state index in [0.29, 0.717) is 11.0 Å². The van der Waals surface area contributed by atoms with E-state index in [1.807, 2.05) is 36.4 Å². The summed E-state index contributed by atoms with van der Waals surface area (Å²) >= 11 is 3.66. The average Bonchev–Trinajstić information content (AvgIpc) is 0.891. The van der Waals surface area contributed by atoms with Crippen LogP contribution in [0.15, 0.2) is 402 Å². The van der Waals surface area contributed by atoms with Crippen LogP contribution in [0, 0.1) is 13.8 Å². The summed E-state index contributed by atoms with van der Waals surface area (Å²) < 4.78 is 13.8. The van der Waals surface area contributed by atoms with Gasteiger partial charge in [0.1, 0.15) is 22.3 Å². The molecule has 0 atom stereocenters. The molecule has 110 heavy (non-hydrogen) atoms. The van der Waals surface area contributed by atoms with E-state index in [2.05, 4.69) is 379 Å². The molecule has 0 aliphatic heterocycles. The Balaban J connectivity index is 0.000000126. The number of aryl methyl sites for hydroxylation is 2. The van der Waals surface area contributed by atoms with Crippen molar-refractivity contribution in [2.24, 2.45) is 0 Å². The summed E-state index contributed by atoms with van der Waals surface area (Å²) in [7, 11) is -1.52. The molecule has 0 bridgehead atoms. The average molecular weight is 1480 g/mol. The van der Waals surface area contributed by atoms with Crippen LogP contribution < -0.4 is 15.3 Å². The maximum Gasteiger partial charge on any atom is 0.488 e. The minimum absolute atomic E-state index is 0.410. The molecule has 2 N–H and O–H groups in total. The van der Waals surface area contributed by atoms with Crippen LogP contribution >= 0.6 is 15.9 Å². The summed E-state index contributed by atoms with van der Waals surface area (Å²) in [6.07, 6.45) is 0. The first-order chi connectivity index (χ1) is 54.1. The summed E-state index contributed by atoms with van der Waals surface area (Å²) in [6.45, 7) is 4.20. The number of halogens is 1. The molecule has 18 aromatic carbocycles. The smallest absolute Gasteiger partial charge is 0.456 e. The predicted molar refractivity (Wildman–Crippen MR) is 467 cm³/mol. The fraction of sp³-hybridized carbons (Fsp3) is 0.0196. The van der Waals surface area contributed by atoms with Crippen molar-refractivity contribution in [2.45, 2.75) is 13.8 Å². The van der Waals surface area contributed by atoms with Crippen LogP contribution in [-0.4, -0.2) is 17.2 Å². The van der Waals surface area contributed by atoms with E-state index in [1.54, 1.807) is 12.1 Å². The third-order valence-corrected chi connectivity index (χ3v) is 21.7. The lowest BCUT2D eigenvalue weighted by Gasteiger charge is -2.25. The molecule has 2 aromatic heterocycles. The molecule has 8 heteroatoms. The van der Waals surface area contributed by atoms with E-state index in [4.69, 9.17) is 8.83 Å². The Labute approximate surface area is 647 Å². The van der Waals surface area contributed by atoms with E-state index >= 15 is 0 Å². The highest BCUT2D eigenvalue weighted by Crippen LogP contribution is 2.45. The Hall–Kier alpha value is -13.3. The Kier molecular flexibility index (Phi) is 18.5. The van der Waals surface area contributed by atoms with Crippen LogP contribution in [0.4, 0.5) is 34.1 Å². The van der Waals surface area contributed by atoms with Gasteiger partial charge >= 0.3 is 7.12 Å². The van der Waals surface area contributed by atoms with Crippen LogP contribution in [0.1, 0.15) is 11.1 Å². The molecular formula is C102H72BBrN2O4. The van der Waals surface area contributed by atoms with E-state index in [-0.39, 0.29) is 0 Å². The molecule has 524 valence electrons. The van der Waals surface area contributed by atoms with Crippen molar-refractivity contribution in [3.8, 4) is 55.6 Å². The molecule has 0 spiro atoms. The molecule has 6 nitrogen and oxygen atoms in total. The number of benzene rings is 18. The van der Waals surface area contributed by atoms with Crippen molar-refractivity contribution in [3.05, 3.63) is 404 Å². The Morgan fingerprint density at radius 3 is 1.01 bits per heavy atom. The lowest BCUT2D eigenvalue weighted by molar-refractivity contribution is 0.425. The van der Waals surface area contributed by atoms with Gasteiger partial charge in [-0.05, 0) is 227 Å². The van der Waals surface area contributed by atoms with Gasteiger partial charge in [0, 0.05) is 72.3 Å². The van der Waals surface area contributed by atoms with Gasteiger partial charge in [0.25, 0.3) is 0 Å². The lowest BCUT2D eigenvalue weighted by Crippen LogP contribution is -2.29. The number of anilines is 6. The fourth-order valence-electron chi connectivity index (χ4n) is 15.5. The second-order valence-electron chi connectivity index (χ2n) is 28.0. The molecule has 0 saturated carbocycles. The maximum atomic E-state index is 9.45. The van der Waals surface area contributed by atoms with Crippen molar-refractivity contribution < 1.29 is 18.9 Å². The third kappa shape index (κ3) is 13.4. The second kappa shape index (κ2) is 29.8. The zero-order chi connectivity index (χ0) is 74.2. The van der Waals surface area contributed by atoms with Gasteiger partial charge < -0.3 is 28.7 Å². The van der Waals surface area contributed by atoms with Gasteiger partial charge in [-0.25, -0.2) is 0 Å². The summed E-state index contributed by atoms with van der Waals surface area (Å²) in [5.41, 5.74) is 24.5. The highest BCUT2D eigenvalue weighted by molar-refractivity contribution is 9.10. The van der Waals surface area contributed by atoms with Crippen molar-refractivity contribution >= 4 is 150 Å². The number of hydrogen-bond acceptors (Lipinski definition) is 6. The van der Waals surface area contributed by atoms with Crippen LogP contribution in [0.25, 0.3) is 143 Å². The summed E-state index contributed by atoms with van der Waals surface area (Å²) in [4.78, 5) is 4.47. The first-order valence-electron chi connectivity index (χ1n) is 37.1.